The average Bonchev–Trinajstić information content (AvgIpc) is 2.71. The molecule has 6 nitrogen and oxygen atoms in total. The fourth-order valence-corrected chi connectivity index (χ4v) is 3.24. The standard InChI is InChI=1S/C21H23N5O/c1-3-7-16(8-4-1)23-20-15-22-26-21(25-20)24-17-11-13-19(14-12-17)27-18-9-5-2-6-10-18/h2,5-6,9-16H,1,3-4,7-8H2,(H2,23,24,25,26). The molecule has 0 spiro atoms. The molecule has 0 radical (unpaired) electrons. The highest BCUT2D eigenvalue weighted by Crippen LogP contribution is 2.24. The molecule has 1 fully saturated rings. The molecule has 4 rings (SSSR count). The Bertz CT molecular complexity index is 848. The van der Waals surface area contributed by atoms with E-state index in [0.717, 1.165) is 23.0 Å². The Labute approximate surface area is 159 Å². The van der Waals surface area contributed by atoms with Gasteiger partial charge in [0.15, 0.2) is 5.82 Å². The van der Waals surface area contributed by atoms with Crippen molar-refractivity contribution in [1.29, 1.82) is 0 Å². The maximum absolute atomic E-state index is 5.81. The summed E-state index contributed by atoms with van der Waals surface area (Å²) in [4.78, 5) is 4.53. The molecule has 1 saturated carbocycles. The van der Waals surface area contributed by atoms with Crippen molar-refractivity contribution in [2.75, 3.05) is 10.6 Å². The van der Waals surface area contributed by atoms with Gasteiger partial charge in [0.05, 0.1) is 6.20 Å². The highest BCUT2D eigenvalue weighted by atomic mass is 16.5. The monoisotopic (exact) mass is 361 g/mol. The Balaban J connectivity index is 1.37. The van der Waals surface area contributed by atoms with Gasteiger partial charge in [0, 0.05) is 11.7 Å². The fourth-order valence-electron chi connectivity index (χ4n) is 3.24. The molecule has 2 N–H and O–H groups in total. The number of anilines is 3. The zero-order chi connectivity index (χ0) is 18.3. The quantitative estimate of drug-likeness (QED) is 0.632. The van der Waals surface area contributed by atoms with Gasteiger partial charge in [-0.15, -0.1) is 5.10 Å². The minimum atomic E-state index is 0.479. The van der Waals surface area contributed by atoms with Gasteiger partial charge in [0.25, 0.3) is 0 Å². The third kappa shape index (κ3) is 4.94. The Morgan fingerprint density at radius 1 is 0.852 bits per heavy atom. The number of ether oxygens (including phenoxy) is 1. The van der Waals surface area contributed by atoms with Gasteiger partial charge in [-0.2, -0.15) is 10.1 Å². The van der Waals surface area contributed by atoms with Crippen molar-refractivity contribution in [3.8, 4) is 11.5 Å². The SMILES string of the molecule is c1ccc(Oc2ccc(Nc3nncc(NC4CCCCC4)n3)cc2)cc1. The van der Waals surface area contributed by atoms with E-state index in [1.54, 1.807) is 6.20 Å². The molecule has 6 heteroatoms. The second-order valence-electron chi connectivity index (χ2n) is 6.71. The van der Waals surface area contributed by atoms with Crippen molar-refractivity contribution in [3.05, 3.63) is 60.8 Å². The highest BCUT2D eigenvalue weighted by Gasteiger charge is 2.14. The Morgan fingerprint density at radius 3 is 2.37 bits per heavy atom. The highest BCUT2D eigenvalue weighted by molar-refractivity contribution is 5.55. The summed E-state index contributed by atoms with van der Waals surface area (Å²) in [6.45, 7) is 0. The maximum atomic E-state index is 5.81. The Hall–Kier alpha value is -3.15. The van der Waals surface area contributed by atoms with Crippen LogP contribution in [0, 0.1) is 0 Å². The van der Waals surface area contributed by atoms with E-state index in [1.807, 2.05) is 54.6 Å². The van der Waals surface area contributed by atoms with Crippen LogP contribution in [0.5, 0.6) is 11.5 Å². The van der Waals surface area contributed by atoms with Crippen LogP contribution in [0.3, 0.4) is 0 Å². The summed E-state index contributed by atoms with van der Waals surface area (Å²) in [5.41, 5.74) is 0.882. The third-order valence-corrected chi connectivity index (χ3v) is 4.61. The van der Waals surface area contributed by atoms with Crippen LogP contribution in [-0.4, -0.2) is 21.2 Å². The van der Waals surface area contributed by atoms with Crippen molar-refractivity contribution in [2.24, 2.45) is 0 Å². The van der Waals surface area contributed by atoms with Crippen LogP contribution in [0.25, 0.3) is 0 Å². The second kappa shape index (κ2) is 8.49. The van der Waals surface area contributed by atoms with E-state index in [9.17, 15) is 0 Å². The number of para-hydroxylation sites is 1. The molecule has 0 amide bonds. The van der Waals surface area contributed by atoms with E-state index in [2.05, 4.69) is 25.8 Å². The number of nitrogens with zero attached hydrogens (tertiary/aromatic N) is 3. The minimum Gasteiger partial charge on any atom is -0.457 e. The molecule has 3 aromatic rings. The largest absolute Gasteiger partial charge is 0.457 e. The van der Waals surface area contributed by atoms with Crippen LogP contribution in [0.1, 0.15) is 32.1 Å². The molecular weight excluding hydrogens is 338 g/mol. The Morgan fingerprint density at radius 2 is 1.59 bits per heavy atom. The molecule has 1 aliphatic rings. The van der Waals surface area contributed by atoms with Crippen LogP contribution < -0.4 is 15.4 Å². The summed E-state index contributed by atoms with van der Waals surface area (Å²) < 4.78 is 5.81. The Kier molecular flexibility index (Phi) is 5.43. The fraction of sp³-hybridized carbons (Fsp3) is 0.286. The van der Waals surface area contributed by atoms with Crippen molar-refractivity contribution < 1.29 is 4.74 Å². The van der Waals surface area contributed by atoms with Gasteiger partial charge in [-0.05, 0) is 49.2 Å². The van der Waals surface area contributed by atoms with Crippen LogP contribution >= 0.6 is 0 Å². The molecule has 0 bridgehead atoms. The summed E-state index contributed by atoms with van der Waals surface area (Å²) in [7, 11) is 0. The van der Waals surface area contributed by atoms with Crippen molar-refractivity contribution in [2.45, 2.75) is 38.1 Å². The lowest BCUT2D eigenvalue weighted by molar-refractivity contribution is 0.461. The average molecular weight is 361 g/mol. The first-order chi connectivity index (χ1) is 13.3. The minimum absolute atomic E-state index is 0.479. The number of rotatable bonds is 6. The van der Waals surface area contributed by atoms with Crippen LogP contribution in [0.2, 0.25) is 0 Å². The predicted molar refractivity (Wildman–Crippen MR) is 107 cm³/mol. The van der Waals surface area contributed by atoms with Crippen LogP contribution in [0.4, 0.5) is 17.5 Å². The van der Waals surface area contributed by atoms with Gasteiger partial charge >= 0.3 is 0 Å². The lowest BCUT2D eigenvalue weighted by atomic mass is 9.96. The lowest BCUT2D eigenvalue weighted by Gasteiger charge is -2.23. The zero-order valence-corrected chi connectivity index (χ0v) is 15.1. The summed E-state index contributed by atoms with van der Waals surface area (Å²) in [5.74, 6) is 2.83. The molecule has 0 atom stereocenters. The molecule has 1 aromatic heterocycles. The number of aromatic nitrogens is 3. The number of nitrogens with one attached hydrogen (secondary N) is 2. The first kappa shape index (κ1) is 17.3. The van der Waals surface area contributed by atoms with E-state index >= 15 is 0 Å². The number of hydrogen-bond donors (Lipinski definition) is 2. The van der Waals surface area contributed by atoms with Gasteiger partial charge in [-0.25, -0.2) is 0 Å². The molecule has 1 heterocycles. The lowest BCUT2D eigenvalue weighted by Crippen LogP contribution is -2.23. The summed E-state index contributed by atoms with van der Waals surface area (Å²) in [5, 5.41) is 14.8. The summed E-state index contributed by atoms with van der Waals surface area (Å²) in [6.07, 6.45) is 7.94. The molecule has 138 valence electrons. The predicted octanol–water partition coefficient (Wildman–Crippen LogP) is 5.15. The molecule has 0 aliphatic heterocycles. The third-order valence-electron chi connectivity index (χ3n) is 4.61. The topological polar surface area (TPSA) is 72.0 Å². The van der Waals surface area contributed by atoms with Gasteiger partial charge in [0.1, 0.15) is 11.5 Å². The molecular formula is C21H23N5O. The molecule has 0 unspecified atom stereocenters. The first-order valence-electron chi connectivity index (χ1n) is 9.41. The van der Waals surface area contributed by atoms with Crippen LogP contribution in [0.15, 0.2) is 60.8 Å². The smallest absolute Gasteiger partial charge is 0.249 e. The number of hydrogen-bond acceptors (Lipinski definition) is 6. The van der Waals surface area contributed by atoms with Crippen molar-refractivity contribution >= 4 is 17.5 Å². The van der Waals surface area contributed by atoms with Crippen molar-refractivity contribution in [1.82, 2.24) is 15.2 Å². The first-order valence-corrected chi connectivity index (χ1v) is 9.41. The maximum Gasteiger partial charge on any atom is 0.249 e. The van der Waals surface area contributed by atoms with Gasteiger partial charge in [-0.3, -0.25) is 0 Å². The van der Waals surface area contributed by atoms with Gasteiger partial charge < -0.3 is 15.4 Å². The summed E-state index contributed by atoms with van der Waals surface area (Å²) >= 11 is 0. The van der Waals surface area contributed by atoms with Gasteiger partial charge in [0.2, 0.25) is 5.95 Å². The van der Waals surface area contributed by atoms with Crippen molar-refractivity contribution in [3.63, 3.8) is 0 Å². The molecule has 0 saturated heterocycles. The zero-order valence-electron chi connectivity index (χ0n) is 15.1. The van der Waals surface area contributed by atoms with E-state index in [4.69, 9.17) is 4.74 Å². The molecule has 2 aromatic carbocycles. The summed E-state index contributed by atoms with van der Waals surface area (Å²) in [6, 6.07) is 17.9. The van der Waals surface area contributed by atoms with Gasteiger partial charge in [-0.1, -0.05) is 37.5 Å². The molecule has 1 aliphatic carbocycles. The number of benzene rings is 2. The van der Waals surface area contributed by atoms with E-state index < -0.39 is 0 Å². The normalized spacial score (nSPS) is 14.5. The molecule has 27 heavy (non-hydrogen) atoms. The van der Waals surface area contributed by atoms with E-state index in [0.29, 0.717) is 12.0 Å². The van der Waals surface area contributed by atoms with Crippen LogP contribution in [-0.2, 0) is 0 Å². The van der Waals surface area contributed by atoms with E-state index in [-0.39, 0.29) is 0 Å². The second-order valence-corrected chi connectivity index (χ2v) is 6.71. The van der Waals surface area contributed by atoms with E-state index in [1.165, 1.54) is 32.1 Å².